The minimum absolute atomic E-state index is 0.235. The number of hydrogen-bond donors (Lipinski definition) is 1. The number of pyridine rings is 1. The summed E-state index contributed by atoms with van der Waals surface area (Å²) in [6.07, 6.45) is 9.33. The van der Waals surface area contributed by atoms with Crippen LogP contribution in [-0.4, -0.2) is 29.3 Å². The van der Waals surface area contributed by atoms with E-state index in [1.807, 2.05) is 0 Å². The Morgan fingerprint density at radius 3 is 2.68 bits per heavy atom. The van der Waals surface area contributed by atoms with E-state index < -0.39 is 11.8 Å². The summed E-state index contributed by atoms with van der Waals surface area (Å²) in [5, 5.41) is 2.90. The van der Waals surface area contributed by atoms with Crippen molar-refractivity contribution < 1.29 is 14.4 Å². The van der Waals surface area contributed by atoms with Crippen molar-refractivity contribution in [2.45, 2.75) is 32.1 Å². The summed E-state index contributed by atoms with van der Waals surface area (Å²) in [6.45, 7) is 0.564. The van der Waals surface area contributed by atoms with E-state index in [9.17, 15) is 14.4 Å². The summed E-state index contributed by atoms with van der Waals surface area (Å²) in [5.41, 5.74) is 2.30. The lowest BCUT2D eigenvalue weighted by atomic mass is 9.97. The maximum atomic E-state index is 12.7. The standard InChI is InChI=1S/C22H21N3O3/c26-20(24-13-11-15-6-2-1-3-7-15)16-9-10-17-18(14-16)22(28)25(21(17)27)19-8-4-5-12-23-19/h4-6,8-10,12,14H,1-3,7,11,13H2,(H,24,26). The Balaban J connectivity index is 1.47. The average Bonchev–Trinajstić information content (AvgIpc) is 2.99. The van der Waals surface area contributed by atoms with Crippen LogP contribution in [0.15, 0.2) is 54.2 Å². The van der Waals surface area contributed by atoms with Crippen LogP contribution >= 0.6 is 0 Å². The predicted molar refractivity (Wildman–Crippen MR) is 105 cm³/mol. The number of fused-ring (bicyclic) bond motifs is 1. The van der Waals surface area contributed by atoms with E-state index in [-0.39, 0.29) is 17.3 Å². The smallest absolute Gasteiger partial charge is 0.267 e. The molecule has 1 aromatic carbocycles. The minimum Gasteiger partial charge on any atom is -0.352 e. The van der Waals surface area contributed by atoms with Gasteiger partial charge in [0.05, 0.1) is 11.1 Å². The zero-order valence-electron chi connectivity index (χ0n) is 15.5. The van der Waals surface area contributed by atoms with Gasteiger partial charge in [-0.2, -0.15) is 0 Å². The second-order valence-electron chi connectivity index (χ2n) is 7.01. The number of aromatic nitrogens is 1. The second kappa shape index (κ2) is 7.76. The predicted octanol–water partition coefficient (Wildman–Crippen LogP) is 3.50. The van der Waals surface area contributed by atoms with Gasteiger partial charge >= 0.3 is 0 Å². The summed E-state index contributed by atoms with van der Waals surface area (Å²) in [5.74, 6) is -0.841. The van der Waals surface area contributed by atoms with Crippen LogP contribution in [-0.2, 0) is 0 Å². The SMILES string of the molecule is O=C(NCCC1=CCCCC1)c1ccc2c(c1)C(=O)N(c1ccccn1)C2=O. The summed E-state index contributed by atoms with van der Waals surface area (Å²) in [4.78, 5) is 42.9. The van der Waals surface area contributed by atoms with E-state index in [0.29, 0.717) is 17.7 Å². The van der Waals surface area contributed by atoms with Crippen molar-refractivity contribution in [2.75, 3.05) is 11.4 Å². The van der Waals surface area contributed by atoms with Crippen LogP contribution < -0.4 is 10.2 Å². The second-order valence-corrected chi connectivity index (χ2v) is 7.01. The number of benzene rings is 1. The van der Waals surface area contributed by atoms with Crippen molar-refractivity contribution in [3.8, 4) is 0 Å². The normalized spacial score (nSPS) is 16.0. The third-order valence-electron chi connectivity index (χ3n) is 5.14. The molecule has 3 amide bonds. The van der Waals surface area contributed by atoms with Crippen LogP contribution in [0.25, 0.3) is 0 Å². The quantitative estimate of drug-likeness (QED) is 0.641. The number of amides is 3. The van der Waals surface area contributed by atoms with Crippen molar-refractivity contribution >= 4 is 23.5 Å². The van der Waals surface area contributed by atoms with Crippen molar-refractivity contribution in [1.29, 1.82) is 0 Å². The molecule has 2 aliphatic rings. The summed E-state index contributed by atoms with van der Waals surface area (Å²) in [6, 6.07) is 9.65. The topological polar surface area (TPSA) is 79.4 Å². The van der Waals surface area contributed by atoms with Gasteiger partial charge in [0.25, 0.3) is 17.7 Å². The van der Waals surface area contributed by atoms with E-state index in [2.05, 4.69) is 16.4 Å². The lowest BCUT2D eigenvalue weighted by Crippen LogP contribution is -2.30. The molecular formula is C22H21N3O3. The molecular weight excluding hydrogens is 354 g/mol. The van der Waals surface area contributed by atoms with Crippen LogP contribution in [0.3, 0.4) is 0 Å². The molecule has 6 nitrogen and oxygen atoms in total. The zero-order valence-corrected chi connectivity index (χ0v) is 15.5. The molecule has 0 radical (unpaired) electrons. The van der Waals surface area contributed by atoms with Gasteiger partial charge in [-0.15, -0.1) is 0 Å². The first-order chi connectivity index (χ1) is 13.6. The molecule has 28 heavy (non-hydrogen) atoms. The molecule has 0 saturated heterocycles. The summed E-state index contributed by atoms with van der Waals surface area (Å²) >= 11 is 0. The van der Waals surface area contributed by atoms with Crippen molar-refractivity contribution in [1.82, 2.24) is 10.3 Å². The van der Waals surface area contributed by atoms with Gasteiger partial charge in [0.1, 0.15) is 5.82 Å². The van der Waals surface area contributed by atoms with Gasteiger partial charge in [-0.1, -0.05) is 17.7 Å². The van der Waals surface area contributed by atoms with Gasteiger partial charge in [0.15, 0.2) is 0 Å². The van der Waals surface area contributed by atoms with Crippen LogP contribution in [0, 0.1) is 0 Å². The number of rotatable bonds is 5. The van der Waals surface area contributed by atoms with Gasteiger partial charge in [-0.05, 0) is 62.4 Å². The van der Waals surface area contributed by atoms with E-state index >= 15 is 0 Å². The number of carbonyl (C=O) groups excluding carboxylic acids is 3. The molecule has 1 aliphatic carbocycles. The molecule has 2 heterocycles. The molecule has 0 bridgehead atoms. The Morgan fingerprint density at radius 1 is 1.07 bits per heavy atom. The van der Waals surface area contributed by atoms with Crippen molar-refractivity contribution in [3.05, 3.63) is 70.9 Å². The molecule has 6 heteroatoms. The Hall–Kier alpha value is -3.28. The van der Waals surface area contributed by atoms with Crippen molar-refractivity contribution in [3.63, 3.8) is 0 Å². The van der Waals surface area contributed by atoms with Crippen LogP contribution in [0.2, 0.25) is 0 Å². The Kier molecular flexibility index (Phi) is 5.02. The molecule has 1 aromatic heterocycles. The van der Waals surface area contributed by atoms with Crippen LogP contribution in [0.5, 0.6) is 0 Å². The maximum Gasteiger partial charge on any atom is 0.267 e. The molecule has 0 saturated carbocycles. The largest absolute Gasteiger partial charge is 0.352 e. The number of hydrogen-bond acceptors (Lipinski definition) is 4. The molecule has 0 unspecified atom stereocenters. The zero-order chi connectivity index (χ0) is 19.5. The minimum atomic E-state index is -0.458. The van der Waals surface area contributed by atoms with E-state index in [1.54, 1.807) is 24.3 Å². The fraction of sp³-hybridized carbons (Fsp3) is 0.273. The Bertz CT molecular complexity index is 966. The van der Waals surface area contributed by atoms with Gasteiger partial charge in [0.2, 0.25) is 0 Å². The fourth-order valence-electron chi connectivity index (χ4n) is 3.65. The monoisotopic (exact) mass is 375 g/mol. The maximum absolute atomic E-state index is 12.7. The first-order valence-corrected chi connectivity index (χ1v) is 9.55. The fourth-order valence-corrected chi connectivity index (χ4v) is 3.65. The number of nitrogens with one attached hydrogen (secondary N) is 1. The molecule has 142 valence electrons. The number of carbonyl (C=O) groups is 3. The first kappa shape index (κ1) is 18.1. The van der Waals surface area contributed by atoms with Gasteiger partial charge in [-0.3, -0.25) is 14.4 Å². The number of nitrogens with zero attached hydrogens (tertiary/aromatic N) is 2. The summed E-state index contributed by atoms with van der Waals surface area (Å²) < 4.78 is 0. The highest BCUT2D eigenvalue weighted by Crippen LogP contribution is 2.27. The lowest BCUT2D eigenvalue weighted by Gasteiger charge is -2.13. The van der Waals surface area contributed by atoms with Gasteiger partial charge in [0, 0.05) is 18.3 Å². The van der Waals surface area contributed by atoms with E-state index in [0.717, 1.165) is 24.2 Å². The average molecular weight is 375 g/mol. The Labute approximate surface area is 163 Å². The van der Waals surface area contributed by atoms with Crippen LogP contribution in [0.4, 0.5) is 5.82 Å². The lowest BCUT2D eigenvalue weighted by molar-refractivity contribution is 0.0922. The highest BCUT2D eigenvalue weighted by molar-refractivity contribution is 6.34. The third-order valence-corrected chi connectivity index (χ3v) is 5.14. The Morgan fingerprint density at radius 2 is 1.93 bits per heavy atom. The molecule has 2 aromatic rings. The van der Waals surface area contributed by atoms with E-state index in [4.69, 9.17) is 0 Å². The van der Waals surface area contributed by atoms with Gasteiger partial charge < -0.3 is 5.32 Å². The molecule has 0 atom stereocenters. The van der Waals surface area contributed by atoms with Gasteiger partial charge in [-0.25, -0.2) is 9.88 Å². The molecule has 4 rings (SSSR count). The molecule has 1 aliphatic heterocycles. The number of imide groups is 1. The molecule has 1 N–H and O–H groups in total. The van der Waals surface area contributed by atoms with Crippen molar-refractivity contribution in [2.24, 2.45) is 0 Å². The van der Waals surface area contributed by atoms with Crippen LogP contribution in [0.1, 0.15) is 63.2 Å². The summed E-state index contributed by atoms with van der Waals surface area (Å²) in [7, 11) is 0. The first-order valence-electron chi connectivity index (χ1n) is 9.55. The highest BCUT2D eigenvalue weighted by Gasteiger charge is 2.37. The number of allylic oxidation sites excluding steroid dienone is 1. The highest BCUT2D eigenvalue weighted by atomic mass is 16.2. The van der Waals surface area contributed by atoms with E-state index in [1.165, 1.54) is 36.7 Å². The number of anilines is 1. The molecule has 0 fully saturated rings. The third kappa shape index (κ3) is 3.45. The molecule has 0 spiro atoms.